The Labute approximate surface area is 148 Å². The molecular weight excluding hydrogens is 320 g/mol. The van der Waals surface area contributed by atoms with E-state index in [4.69, 9.17) is 10.5 Å². The number of carbonyl (C=O) groups is 2. The van der Waals surface area contributed by atoms with Crippen molar-refractivity contribution in [1.82, 2.24) is 15.5 Å². The summed E-state index contributed by atoms with van der Waals surface area (Å²) in [6.45, 7) is 2.26. The average molecular weight is 348 g/mol. The number of hydrogen-bond donors (Lipinski definition) is 3. The lowest BCUT2D eigenvalue weighted by atomic mass is 10.1. The first kappa shape index (κ1) is 19.4. The lowest BCUT2D eigenvalue weighted by Crippen LogP contribution is -2.35. The van der Waals surface area contributed by atoms with Gasteiger partial charge in [0.2, 0.25) is 5.91 Å². The van der Waals surface area contributed by atoms with Crippen molar-refractivity contribution in [2.45, 2.75) is 31.6 Å². The summed E-state index contributed by atoms with van der Waals surface area (Å²) in [4.78, 5) is 26.1. The molecule has 138 valence electrons. The van der Waals surface area contributed by atoms with Crippen LogP contribution < -0.4 is 16.4 Å². The second-order valence-electron chi connectivity index (χ2n) is 6.53. The summed E-state index contributed by atoms with van der Waals surface area (Å²) >= 11 is 0. The van der Waals surface area contributed by atoms with Crippen molar-refractivity contribution >= 4 is 11.8 Å². The summed E-state index contributed by atoms with van der Waals surface area (Å²) in [5.41, 5.74) is 7.10. The molecule has 1 aliphatic rings. The van der Waals surface area contributed by atoms with Crippen molar-refractivity contribution in [1.29, 1.82) is 0 Å². The number of hydrogen-bond acceptors (Lipinski definition) is 5. The van der Waals surface area contributed by atoms with Crippen LogP contribution in [0.3, 0.4) is 0 Å². The normalized spacial score (nSPS) is 19.8. The van der Waals surface area contributed by atoms with E-state index in [0.717, 1.165) is 18.5 Å². The average Bonchev–Trinajstić information content (AvgIpc) is 3.09. The minimum atomic E-state index is -0.407. The van der Waals surface area contributed by atoms with Gasteiger partial charge in [-0.05, 0) is 44.6 Å². The smallest absolute Gasteiger partial charge is 0.251 e. The van der Waals surface area contributed by atoms with Crippen LogP contribution in [0.4, 0.5) is 0 Å². The van der Waals surface area contributed by atoms with Gasteiger partial charge in [-0.3, -0.25) is 9.59 Å². The first-order valence-corrected chi connectivity index (χ1v) is 8.64. The zero-order chi connectivity index (χ0) is 18.2. The highest BCUT2D eigenvalue weighted by molar-refractivity contribution is 5.94. The maximum Gasteiger partial charge on any atom is 0.251 e. The first-order chi connectivity index (χ1) is 12.0. The van der Waals surface area contributed by atoms with Gasteiger partial charge in [-0.25, -0.2) is 0 Å². The molecule has 1 aliphatic heterocycles. The van der Waals surface area contributed by atoms with Crippen LogP contribution >= 0.6 is 0 Å². The number of nitrogens with one attached hydrogen (secondary N) is 2. The molecule has 7 heteroatoms. The Morgan fingerprint density at radius 2 is 1.92 bits per heavy atom. The maximum absolute atomic E-state index is 12.1. The van der Waals surface area contributed by atoms with Gasteiger partial charge >= 0.3 is 0 Å². The predicted molar refractivity (Wildman–Crippen MR) is 96.1 cm³/mol. The summed E-state index contributed by atoms with van der Waals surface area (Å²) in [7, 11) is 3.92. The van der Waals surface area contributed by atoms with Crippen molar-refractivity contribution in [3.05, 3.63) is 35.4 Å². The van der Waals surface area contributed by atoms with Gasteiger partial charge in [0.05, 0.1) is 6.10 Å². The molecule has 0 unspecified atom stereocenters. The molecule has 2 atom stereocenters. The summed E-state index contributed by atoms with van der Waals surface area (Å²) in [6.07, 6.45) is 1.11. The fourth-order valence-electron chi connectivity index (χ4n) is 2.64. The van der Waals surface area contributed by atoms with Crippen molar-refractivity contribution in [2.75, 3.05) is 33.7 Å². The van der Waals surface area contributed by atoms with E-state index in [1.165, 1.54) is 0 Å². The van der Waals surface area contributed by atoms with Gasteiger partial charge in [-0.2, -0.15) is 0 Å². The number of likely N-dealkylation sites (N-methyl/N-ethyl adjacent to an activating group) is 1. The summed E-state index contributed by atoms with van der Waals surface area (Å²) in [5, 5.41) is 5.74. The third kappa shape index (κ3) is 6.12. The zero-order valence-electron chi connectivity index (χ0n) is 15.0. The highest BCUT2D eigenvalue weighted by Gasteiger charge is 2.29. The molecule has 2 rings (SSSR count). The lowest BCUT2D eigenvalue weighted by Gasteiger charge is -2.13. The fraction of sp³-hybridized carbons (Fsp3) is 0.556. The van der Waals surface area contributed by atoms with E-state index >= 15 is 0 Å². The SMILES string of the molecule is CN(C)CCNC(=O)c1ccc(CNC(=O)[C@@H]2CC[C@H](CN)O2)cc1. The van der Waals surface area contributed by atoms with Crippen LogP contribution in [0.5, 0.6) is 0 Å². The van der Waals surface area contributed by atoms with Crippen molar-refractivity contribution in [3.63, 3.8) is 0 Å². The van der Waals surface area contributed by atoms with Crippen molar-refractivity contribution < 1.29 is 14.3 Å². The third-order valence-corrected chi connectivity index (χ3v) is 4.19. The van der Waals surface area contributed by atoms with Gasteiger partial charge in [-0.15, -0.1) is 0 Å². The maximum atomic E-state index is 12.1. The number of nitrogens with zero attached hydrogens (tertiary/aromatic N) is 1. The van der Waals surface area contributed by atoms with Crippen molar-refractivity contribution in [3.8, 4) is 0 Å². The van der Waals surface area contributed by atoms with Gasteiger partial charge in [0, 0.05) is 31.7 Å². The minimum Gasteiger partial charge on any atom is -0.364 e. The summed E-state index contributed by atoms with van der Waals surface area (Å²) in [5.74, 6) is -0.203. The van der Waals surface area contributed by atoms with Crippen LogP contribution in [0.2, 0.25) is 0 Å². The van der Waals surface area contributed by atoms with Gasteiger partial charge in [-0.1, -0.05) is 12.1 Å². The van der Waals surface area contributed by atoms with E-state index in [0.29, 0.717) is 31.6 Å². The molecule has 0 radical (unpaired) electrons. The van der Waals surface area contributed by atoms with Crippen LogP contribution in [-0.4, -0.2) is 62.7 Å². The van der Waals surface area contributed by atoms with Crippen LogP contribution in [0, 0.1) is 0 Å². The topological polar surface area (TPSA) is 96.7 Å². The highest BCUT2D eigenvalue weighted by Crippen LogP contribution is 2.19. The molecule has 1 aromatic rings. The van der Waals surface area contributed by atoms with Gasteiger partial charge in [0.1, 0.15) is 6.10 Å². The standard InChI is InChI=1S/C18H28N4O3/c1-22(2)10-9-20-17(23)14-5-3-13(4-6-14)12-21-18(24)16-8-7-15(11-19)25-16/h3-6,15-16H,7-12,19H2,1-2H3,(H,20,23)(H,21,24)/t15-,16+/m1/s1. The zero-order valence-corrected chi connectivity index (χ0v) is 15.0. The predicted octanol–water partition coefficient (Wildman–Crippen LogP) is 0.101. The van der Waals surface area contributed by atoms with E-state index in [1.807, 2.05) is 31.1 Å². The second-order valence-corrected chi connectivity index (χ2v) is 6.53. The Hall–Kier alpha value is -1.96. The molecule has 7 nitrogen and oxygen atoms in total. The highest BCUT2D eigenvalue weighted by atomic mass is 16.5. The molecule has 4 N–H and O–H groups in total. The Bertz CT molecular complexity index is 574. The van der Waals surface area contributed by atoms with Crippen LogP contribution in [0.15, 0.2) is 24.3 Å². The van der Waals surface area contributed by atoms with E-state index < -0.39 is 6.10 Å². The van der Waals surface area contributed by atoms with E-state index in [9.17, 15) is 9.59 Å². The number of benzene rings is 1. The molecule has 0 saturated carbocycles. The molecule has 1 saturated heterocycles. The molecule has 0 aromatic heterocycles. The Morgan fingerprint density at radius 3 is 2.52 bits per heavy atom. The lowest BCUT2D eigenvalue weighted by molar-refractivity contribution is -0.132. The number of amides is 2. The third-order valence-electron chi connectivity index (χ3n) is 4.19. The Balaban J connectivity index is 1.76. The number of ether oxygens (including phenoxy) is 1. The second kappa shape index (κ2) is 9.50. The number of nitrogens with two attached hydrogens (primary N) is 1. The van der Waals surface area contributed by atoms with Crippen LogP contribution in [0.1, 0.15) is 28.8 Å². The molecule has 1 heterocycles. The summed E-state index contributed by atoms with van der Waals surface area (Å²) in [6, 6.07) is 7.23. The minimum absolute atomic E-state index is 0.0129. The van der Waals surface area contributed by atoms with E-state index in [-0.39, 0.29) is 17.9 Å². The monoisotopic (exact) mass is 348 g/mol. The molecular formula is C18H28N4O3. The number of carbonyl (C=O) groups excluding carboxylic acids is 2. The Morgan fingerprint density at radius 1 is 1.20 bits per heavy atom. The summed E-state index contributed by atoms with van der Waals surface area (Å²) < 4.78 is 5.57. The number of rotatable bonds is 8. The van der Waals surface area contributed by atoms with Gasteiger partial charge in [0.25, 0.3) is 5.91 Å². The quantitative estimate of drug-likeness (QED) is 0.619. The van der Waals surface area contributed by atoms with Gasteiger partial charge in [0.15, 0.2) is 0 Å². The van der Waals surface area contributed by atoms with E-state index in [2.05, 4.69) is 10.6 Å². The molecule has 1 aromatic carbocycles. The molecule has 2 amide bonds. The molecule has 0 bridgehead atoms. The molecule has 0 aliphatic carbocycles. The Kier molecular flexibility index (Phi) is 7.36. The van der Waals surface area contributed by atoms with Crippen molar-refractivity contribution in [2.24, 2.45) is 5.73 Å². The molecule has 1 fully saturated rings. The van der Waals surface area contributed by atoms with E-state index in [1.54, 1.807) is 12.1 Å². The fourth-order valence-corrected chi connectivity index (χ4v) is 2.64. The molecule has 0 spiro atoms. The van der Waals surface area contributed by atoms with Gasteiger partial charge < -0.3 is 26.0 Å². The first-order valence-electron chi connectivity index (χ1n) is 8.64. The van der Waals surface area contributed by atoms with Crippen LogP contribution in [0.25, 0.3) is 0 Å². The molecule has 25 heavy (non-hydrogen) atoms. The van der Waals surface area contributed by atoms with Crippen LogP contribution in [-0.2, 0) is 16.1 Å². The largest absolute Gasteiger partial charge is 0.364 e.